The second kappa shape index (κ2) is 10.2. The van der Waals surface area contributed by atoms with Crippen molar-refractivity contribution >= 4 is 11.9 Å². The van der Waals surface area contributed by atoms with Gasteiger partial charge in [-0.3, -0.25) is 14.6 Å². The number of rotatable bonds is 10. The van der Waals surface area contributed by atoms with E-state index in [2.05, 4.69) is 10.3 Å². The molecule has 2 N–H and O–H groups in total. The lowest BCUT2D eigenvalue weighted by Gasteiger charge is -2.15. The van der Waals surface area contributed by atoms with Crippen LogP contribution in [0, 0.1) is 0 Å². The van der Waals surface area contributed by atoms with E-state index in [-0.39, 0.29) is 18.4 Å². The van der Waals surface area contributed by atoms with Gasteiger partial charge in [0.15, 0.2) is 11.5 Å². The van der Waals surface area contributed by atoms with Crippen molar-refractivity contribution in [2.24, 2.45) is 0 Å². The Kier molecular flexibility index (Phi) is 7.61. The first kappa shape index (κ1) is 20.2. The summed E-state index contributed by atoms with van der Waals surface area (Å²) in [5.41, 5.74) is 1.35. The first-order valence-corrected chi connectivity index (χ1v) is 8.80. The first-order chi connectivity index (χ1) is 13.0. The van der Waals surface area contributed by atoms with Gasteiger partial charge in [-0.05, 0) is 44.5 Å². The number of carbonyl (C=O) groups excluding carboxylic acids is 1. The average molecular weight is 372 g/mol. The summed E-state index contributed by atoms with van der Waals surface area (Å²) in [7, 11) is 0. The second-order valence-corrected chi connectivity index (χ2v) is 6.05. The molecule has 1 aromatic carbocycles. The third-order valence-electron chi connectivity index (χ3n) is 3.79. The summed E-state index contributed by atoms with van der Waals surface area (Å²) in [4.78, 5) is 27.1. The van der Waals surface area contributed by atoms with Crippen LogP contribution in [0.3, 0.4) is 0 Å². The molecular weight excluding hydrogens is 348 g/mol. The van der Waals surface area contributed by atoms with E-state index in [4.69, 9.17) is 14.6 Å². The molecule has 1 heterocycles. The highest BCUT2D eigenvalue weighted by atomic mass is 16.5. The lowest BCUT2D eigenvalue weighted by Crippen LogP contribution is -2.32. The number of benzene rings is 1. The van der Waals surface area contributed by atoms with E-state index in [9.17, 15) is 9.59 Å². The minimum Gasteiger partial charge on any atom is -0.490 e. The van der Waals surface area contributed by atoms with E-state index < -0.39 is 5.97 Å². The van der Waals surface area contributed by atoms with Gasteiger partial charge in [-0.1, -0.05) is 6.07 Å². The molecule has 0 radical (unpaired) electrons. The molecular formula is C20H24N2O5. The van der Waals surface area contributed by atoms with Crippen LogP contribution in [0.5, 0.6) is 11.5 Å². The van der Waals surface area contributed by atoms with Crippen molar-refractivity contribution in [3.8, 4) is 11.5 Å². The zero-order valence-electron chi connectivity index (χ0n) is 15.5. The smallest absolute Gasteiger partial charge is 0.303 e. The molecule has 1 unspecified atom stereocenters. The van der Waals surface area contributed by atoms with E-state index in [1.807, 2.05) is 19.1 Å². The Bertz CT molecular complexity index is 764. The monoisotopic (exact) mass is 372 g/mol. The molecule has 27 heavy (non-hydrogen) atoms. The maximum absolute atomic E-state index is 12.4. The number of ether oxygens (including phenoxy) is 2. The second-order valence-electron chi connectivity index (χ2n) is 6.05. The molecule has 0 aliphatic carbocycles. The third-order valence-corrected chi connectivity index (χ3v) is 3.79. The molecule has 144 valence electrons. The van der Waals surface area contributed by atoms with E-state index in [1.54, 1.807) is 37.5 Å². The zero-order chi connectivity index (χ0) is 19.6. The average Bonchev–Trinajstić information content (AvgIpc) is 2.66. The molecule has 0 aliphatic rings. The van der Waals surface area contributed by atoms with Crippen LogP contribution in [0.25, 0.3) is 0 Å². The lowest BCUT2D eigenvalue weighted by atomic mass is 10.1. The summed E-state index contributed by atoms with van der Waals surface area (Å²) in [6.45, 7) is 4.40. The maximum Gasteiger partial charge on any atom is 0.303 e. The lowest BCUT2D eigenvalue weighted by molar-refractivity contribution is -0.137. The summed E-state index contributed by atoms with van der Waals surface area (Å²) >= 11 is 0. The molecule has 0 fully saturated rings. The van der Waals surface area contributed by atoms with Crippen molar-refractivity contribution in [3.63, 3.8) is 0 Å². The van der Waals surface area contributed by atoms with Gasteiger partial charge in [0.05, 0.1) is 6.61 Å². The van der Waals surface area contributed by atoms with Crippen molar-refractivity contribution in [3.05, 3.63) is 53.9 Å². The number of carbonyl (C=O) groups is 2. The summed E-state index contributed by atoms with van der Waals surface area (Å²) < 4.78 is 11.4. The van der Waals surface area contributed by atoms with Gasteiger partial charge in [0, 0.05) is 36.0 Å². The number of nitrogens with zero attached hydrogens (tertiary/aromatic N) is 1. The molecule has 1 aromatic heterocycles. The highest BCUT2D eigenvalue weighted by molar-refractivity contribution is 5.95. The Labute approximate surface area is 158 Å². The molecule has 2 rings (SSSR count). The minimum absolute atomic E-state index is 0.00671. The number of carboxylic acid groups (broad SMARTS) is 1. The Hall–Kier alpha value is -3.09. The predicted octanol–water partition coefficient (Wildman–Crippen LogP) is 3.04. The molecule has 0 saturated carbocycles. The largest absolute Gasteiger partial charge is 0.490 e. The molecule has 2 aromatic rings. The number of nitrogens with one attached hydrogen (secondary N) is 1. The predicted molar refractivity (Wildman–Crippen MR) is 100.0 cm³/mol. The zero-order valence-corrected chi connectivity index (χ0v) is 15.5. The van der Waals surface area contributed by atoms with Crippen LogP contribution in [0.15, 0.2) is 42.7 Å². The van der Waals surface area contributed by atoms with Gasteiger partial charge in [-0.25, -0.2) is 0 Å². The Morgan fingerprint density at radius 1 is 1.22 bits per heavy atom. The van der Waals surface area contributed by atoms with E-state index >= 15 is 0 Å². The van der Waals surface area contributed by atoms with Crippen LogP contribution in [-0.2, 0) is 11.4 Å². The quantitative estimate of drug-likeness (QED) is 0.665. The van der Waals surface area contributed by atoms with E-state index in [1.165, 1.54) is 0 Å². The van der Waals surface area contributed by atoms with Crippen molar-refractivity contribution in [1.82, 2.24) is 10.3 Å². The first-order valence-electron chi connectivity index (χ1n) is 8.80. The van der Waals surface area contributed by atoms with Crippen molar-refractivity contribution in [2.45, 2.75) is 39.3 Å². The van der Waals surface area contributed by atoms with Gasteiger partial charge < -0.3 is 19.9 Å². The maximum atomic E-state index is 12.4. The summed E-state index contributed by atoms with van der Waals surface area (Å²) in [5, 5.41) is 11.5. The number of pyridine rings is 1. The Balaban J connectivity index is 2.04. The van der Waals surface area contributed by atoms with E-state index in [0.717, 1.165) is 5.56 Å². The molecule has 7 heteroatoms. The SMILES string of the molecule is CCOc1cc(C(=O)NC(C)CCC(=O)O)ccc1OCc1cccnc1. The Morgan fingerprint density at radius 2 is 2.04 bits per heavy atom. The van der Waals surface area contributed by atoms with Crippen molar-refractivity contribution < 1.29 is 24.2 Å². The highest BCUT2D eigenvalue weighted by Crippen LogP contribution is 2.29. The third kappa shape index (κ3) is 6.62. The molecule has 1 amide bonds. The number of amides is 1. The molecule has 1 atom stereocenters. The molecule has 0 bridgehead atoms. The number of aromatic nitrogens is 1. The number of hydrogen-bond acceptors (Lipinski definition) is 5. The van der Waals surface area contributed by atoms with Crippen LogP contribution < -0.4 is 14.8 Å². The number of carboxylic acids is 1. The standard InChI is InChI=1S/C20H24N2O5/c1-3-26-18-11-16(20(25)22-14(2)6-9-19(23)24)7-8-17(18)27-13-15-5-4-10-21-12-15/h4-5,7-8,10-12,14H,3,6,9,13H2,1-2H3,(H,22,25)(H,23,24). The van der Waals surface area contributed by atoms with Crippen molar-refractivity contribution in [2.75, 3.05) is 6.61 Å². The van der Waals surface area contributed by atoms with Gasteiger partial charge >= 0.3 is 5.97 Å². The summed E-state index contributed by atoms with van der Waals surface area (Å²) in [5.74, 6) is -0.152. The summed E-state index contributed by atoms with van der Waals surface area (Å²) in [6, 6.07) is 8.47. The molecule has 0 aliphatic heterocycles. The Morgan fingerprint density at radius 3 is 2.70 bits per heavy atom. The van der Waals surface area contributed by atoms with Gasteiger partial charge in [-0.2, -0.15) is 0 Å². The number of aliphatic carboxylic acids is 1. The fraction of sp³-hybridized carbons (Fsp3) is 0.350. The van der Waals surface area contributed by atoms with Gasteiger partial charge in [0.25, 0.3) is 5.91 Å². The van der Waals surface area contributed by atoms with Gasteiger partial charge in [-0.15, -0.1) is 0 Å². The van der Waals surface area contributed by atoms with Crippen LogP contribution in [0.4, 0.5) is 0 Å². The normalized spacial score (nSPS) is 11.5. The topological polar surface area (TPSA) is 97.8 Å². The fourth-order valence-electron chi connectivity index (χ4n) is 2.40. The molecule has 7 nitrogen and oxygen atoms in total. The minimum atomic E-state index is -0.884. The molecule has 0 saturated heterocycles. The number of hydrogen-bond donors (Lipinski definition) is 2. The van der Waals surface area contributed by atoms with Crippen LogP contribution in [0.1, 0.15) is 42.6 Å². The van der Waals surface area contributed by atoms with Crippen LogP contribution in [-0.4, -0.2) is 34.6 Å². The van der Waals surface area contributed by atoms with Gasteiger partial charge in [0.2, 0.25) is 0 Å². The molecule has 0 spiro atoms. The van der Waals surface area contributed by atoms with Gasteiger partial charge in [0.1, 0.15) is 6.61 Å². The fourth-order valence-corrected chi connectivity index (χ4v) is 2.40. The highest BCUT2D eigenvalue weighted by Gasteiger charge is 2.14. The van der Waals surface area contributed by atoms with Crippen molar-refractivity contribution in [1.29, 1.82) is 0 Å². The van der Waals surface area contributed by atoms with Crippen LogP contribution >= 0.6 is 0 Å². The van der Waals surface area contributed by atoms with Crippen LogP contribution in [0.2, 0.25) is 0 Å². The van der Waals surface area contributed by atoms with E-state index in [0.29, 0.717) is 36.7 Å². The summed E-state index contributed by atoms with van der Waals surface area (Å²) in [6.07, 6.45) is 3.79.